The first kappa shape index (κ1) is 23.5. The zero-order chi connectivity index (χ0) is 22.8. The summed E-state index contributed by atoms with van der Waals surface area (Å²) in [5.74, 6) is 0.00883. The van der Waals surface area contributed by atoms with E-state index in [1.807, 2.05) is 25.1 Å². The Balaban J connectivity index is 1.84. The molecule has 0 unspecified atom stereocenters. The molecule has 0 spiro atoms. The molecule has 172 valence electrons. The molecule has 1 aliphatic rings. The Morgan fingerprint density at radius 3 is 2.58 bits per heavy atom. The quantitative estimate of drug-likeness (QED) is 0.502. The highest BCUT2D eigenvalue weighted by atomic mass is 32.2. The van der Waals surface area contributed by atoms with E-state index in [1.54, 1.807) is 32.2 Å². The zero-order valence-electron chi connectivity index (χ0n) is 18.6. The van der Waals surface area contributed by atoms with Crippen molar-refractivity contribution in [3.05, 3.63) is 30.0 Å². The molecule has 1 aliphatic heterocycles. The summed E-state index contributed by atoms with van der Waals surface area (Å²) in [6.45, 7) is 4.30. The van der Waals surface area contributed by atoms with E-state index < -0.39 is 21.7 Å². The van der Waals surface area contributed by atoms with Crippen LogP contribution in [0.4, 0.5) is 0 Å². The molecule has 3 rings (SSSR count). The lowest BCUT2D eigenvalue weighted by molar-refractivity contribution is -0.183. The lowest BCUT2D eigenvalue weighted by Gasteiger charge is -2.30. The molecule has 1 aromatic carbocycles. The van der Waals surface area contributed by atoms with Crippen molar-refractivity contribution < 1.29 is 31.6 Å². The van der Waals surface area contributed by atoms with Gasteiger partial charge in [-0.15, -0.1) is 0 Å². The minimum Gasteiger partial charge on any atom is -0.497 e. The monoisotopic (exact) mass is 454 g/mol. The van der Waals surface area contributed by atoms with Gasteiger partial charge in [-0.1, -0.05) is 0 Å². The number of carbonyl (C=O) groups excluding carboxylic acids is 1. The molecular formula is C21H30N2O7S. The standard InChI is InChI=1S/C21H30N2O7S/c1-21(2,20(24)30-17-12-28-13-17)14-29-31(25,26)23-11-15(8-9-22(3)4)18-7-6-16(27-5)10-19(18)23/h6-7,10-11,17H,8-9,12-14H2,1-5H3. The number of ether oxygens (including phenoxy) is 3. The summed E-state index contributed by atoms with van der Waals surface area (Å²) in [6, 6.07) is 5.29. The first-order valence-electron chi connectivity index (χ1n) is 10.0. The highest BCUT2D eigenvalue weighted by Gasteiger charge is 2.36. The number of rotatable bonds is 10. The minimum absolute atomic E-state index is 0.288. The van der Waals surface area contributed by atoms with Gasteiger partial charge in [0.25, 0.3) is 0 Å². The second kappa shape index (κ2) is 9.15. The third-order valence-electron chi connectivity index (χ3n) is 5.13. The normalized spacial score (nSPS) is 15.3. The molecule has 9 nitrogen and oxygen atoms in total. The number of nitrogens with zero attached hydrogens (tertiary/aromatic N) is 2. The second-order valence-electron chi connectivity index (χ2n) is 8.56. The maximum Gasteiger partial charge on any atom is 0.366 e. The first-order chi connectivity index (χ1) is 14.5. The van der Waals surface area contributed by atoms with Crippen molar-refractivity contribution in [2.24, 2.45) is 5.41 Å². The van der Waals surface area contributed by atoms with Crippen molar-refractivity contribution in [1.82, 2.24) is 8.87 Å². The number of esters is 1. The van der Waals surface area contributed by atoms with Crippen LogP contribution in [0.2, 0.25) is 0 Å². The molecule has 0 radical (unpaired) electrons. The summed E-state index contributed by atoms with van der Waals surface area (Å²) in [6.07, 6.45) is 1.95. The van der Waals surface area contributed by atoms with Crippen LogP contribution in [0.3, 0.4) is 0 Å². The van der Waals surface area contributed by atoms with Crippen molar-refractivity contribution in [3.8, 4) is 5.75 Å². The smallest absolute Gasteiger partial charge is 0.366 e. The first-order valence-corrected chi connectivity index (χ1v) is 11.4. The molecule has 2 heterocycles. The summed E-state index contributed by atoms with van der Waals surface area (Å²) in [4.78, 5) is 14.4. The maximum absolute atomic E-state index is 13.1. The summed E-state index contributed by atoms with van der Waals surface area (Å²) in [7, 11) is 1.23. The van der Waals surface area contributed by atoms with E-state index in [0.717, 1.165) is 21.5 Å². The zero-order valence-corrected chi connectivity index (χ0v) is 19.4. The molecule has 10 heteroatoms. The van der Waals surface area contributed by atoms with Crippen molar-refractivity contribution >= 4 is 27.2 Å². The van der Waals surface area contributed by atoms with Crippen LogP contribution in [0.15, 0.2) is 24.4 Å². The van der Waals surface area contributed by atoms with Gasteiger partial charge >= 0.3 is 16.3 Å². The van der Waals surface area contributed by atoms with Crippen LogP contribution in [0.25, 0.3) is 10.9 Å². The Kier molecular flexibility index (Phi) is 6.95. The highest BCUT2D eigenvalue weighted by Crippen LogP contribution is 2.29. The van der Waals surface area contributed by atoms with Gasteiger partial charge in [-0.3, -0.25) is 8.98 Å². The average Bonchev–Trinajstić information content (AvgIpc) is 3.06. The number of hydrogen-bond acceptors (Lipinski definition) is 8. The van der Waals surface area contributed by atoms with Crippen LogP contribution in [0.1, 0.15) is 19.4 Å². The van der Waals surface area contributed by atoms with Gasteiger partial charge in [0.2, 0.25) is 0 Å². The summed E-state index contributed by atoms with van der Waals surface area (Å²) >= 11 is 0. The fourth-order valence-corrected chi connectivity index (χ4v) is 4.24. The van der Waals surface area contributed by atoms with E-state index in [2.05, 4.69) is 0 Å². The summed E-state index contributed by atoms with van der Waals surface area (Å²) in [5.41, 5.74) is 0.194. The second-order valence-corrected chi connectivity index (χ2v) is 10.0. The van der Waals surface area contributed by atoms with Gasteiger partial charge < -0.3 is 19.1 Å². The average molecular weight is 455 g/mol. The van der Waals surface area contributed by atoms with E-state index in [1.165, 1.54) is 7.11 Å². The molecule has 31 heavy (non-hydrogen) atoms. The Bertz CT molecular complexity index is 1040. The molecule has 0 N–H and O–H groups in total. The van der Waals surface area contributed by atoms with E-state index >= 15 is 0 Å². The molecule has 0 atom stereocenters. The lowest BCUT2D eigenvalue weighted by Crippen LogP contribution is -2.43. The van der Waals surface area contributed by atoms with Gasteiger partial charge in [-0.25, -0.2) is 3.97 Å². The summed E-state index contributed by atoms with van der Waals surface area (Å²) in [5, 5.41) is 0.804. The van der Waals surface area contributed by atoms with E-state index in [-0.39, 0.29) is 12.7 Å². The van der Waals surface area contributed by atoms with Crippen molar-refractivity contribution in [2.75, 3.05) is 47.6 Å². The number of aromatic nitrogens is 1. The predicted molar refractivity (Wildman–Crippen MR) is 115 cm³/mol. The van der Waals surface area contributed by atoms with Crippen LogP contribution in [0.5, 0.6) is 5.75 Å². The number of hydrogen-bond donors (Lipinski definition) is 0. The maximum atomic E-state index is 13.1. The summed E-state index contributed by atoms with van der Waals surface area (Å²) < 4.78 is 48.1. The Morgan fingerprint density at radius 2 is 2.00 bits per heavy atom. The largest absolute Gasteiger partial charge is 0.497 e. The van der Waals surface area contributed by atoms with Crippen LogP contribution < -0.4 is 4.74 Å². The molecule has 0 bridgehead atoms. The number of likely N-dealkylation sites (N-methyl/N-ethyl adjacent to an activating group) is 1. The fraction of sp³-hybridized carbons (Fsp3) is 0.571. The third-order valence-corrected chi connectivity index (χ3v) is 6.33. The van der Waals surface area contributed by atoms with Gasteiger partial charge in [-0.2, -0.15) is 8.42 Å². The van der Waals surface area contributed by atoms with Crippen LogP contribution >= 0.6 is 0 Å². The van der Waals surface area contributed by atoms with Gasteiger partial charge in [0.15, 0.2) is 0 Å². The van der Waals surface area contributed by atoms with E-state index in [9.17, 15) is 13.2 Å². The van der Waals surface area contributed by atoms with Crippen LogP contribution in [-0.2, 0) is 35.2 Å². The number of carbonyl (C=O) groups is 1. The van der Waals surface area contributed by atoms with Gasteiger partial charge in [0.05, 0.1) is 37.9 Å². The molecule has 1 fully saturated rings. The molecular weight excluding hydrogens is 424 g/mol. The topological polar surface area (TPSA) is 96.3 Å². The lowest BCUT2D eigenvalue weighted by atomic mass is 9.95. The Hall–Kier alpha value is -2.14. The molecule has 1 aromatic heterocycles. The Morgan fingerprint density at radius 1 is 1.29 bits per heavy atom. The van der Waals surface area contributed by atoms with Crippen LogP contribution in [-0.4, -0.2) is 76.9 Å². The highest BCUT2D eigenvalue weighted by molar-refractivity contribution is 7.85. The van der Waals surface area contributed by atoms with Crippen molar-refractivity contribution in [1.29, 1.82) is 0 Å². The van der Waals surface area contributed by atoms with Gasteiger partial charge in [-0.05, 0) is 52.1 Å². The van der Waals surface area contributed by atoms with E-state index in [4.69, 9.17) is 18.4 Å². The number of fused-ring (bicyclic) bond motifs is 1. The third kappa shape index (κ3) is 5.38. The number of methoxy groups -OCH3 is 1. The number of benzene rings is 1. The van der Waals surface area contributed by atoms with Gasteiger partial charge in [0.1, 0.15) is 11.9 Å². The minimum atomic E-state index is -4.20. The molecule has 1 saturated heterocycles. The van der Waals surface area contributed by atoms with Crippen molar-refractivity contribution in [2.45, 2.75) is 26.4 Å². The molecule has 0 amide bonds. The van der Waals surface area contributed by atoms with E-state index in [0.29, 0.717) is 30.9 Å². The van der Waals surface area contributed by atoms with Gasteiger partial charge in [0, 0.05) is 24.2 Å². The Labute approximate surface area is 183 Å². The van der Waals surface area contributed by atoms with Crippen LogP contribution in [0, 0.1) is 5.41 Å². The SMILES string of the molecule is COc1ccc2c(CCN(C)C)cn(S(=O)(=O)OCC(C)(C)C(=O)OC3COC3)c2c1. The molecule has 0 aliphatic carbocycles. The molecule has 0 saturated carbocycles. The molecule has 2 aromatic rings. The fourth-order valence-electron chi connectivity index (χ4n) is 3.03. The van der Waals surface area contributed by atoms with Crippen molar-refractivity contribution in [3.63, 3.8) is 0 Å². The predicted octanol–water partition coefficient (Wildman–Crippen LogP) is 1.83.